The van der Waals surface area contributed by atoms with E-state index < -0.39 is 5.97 Å². The quantitative estimate of drug-likeness (QED) is 0.648. The fraction of sp³-hybridized carbons (Fsp3) is 0.211. The van der Waals surface area contributed by atoms with Crippen molar-refractivity contribution in [3.63, 3.8) is 0 Å². The summed E-state index contributed by atoms with van der Waals surface area (Å²) in [5.74, 6) is 0.643. The predicted molar refractivity (Wildman–Crippen MR) is 90.7 cm³/mol. The molecule has 0 N–H and O–H groups in total. The van der Waals surface area contributed by atoms with E-state index in [0.29, 0.717) is 35.8 Å². The van der Waals surface area contributed by atoms with Crippen LogP contribution in [-0.2, 0) is 11.3 Å². The van der Waals surface area contributed by atoms with E-state index >= 15 is 0 Å². The molecule has 0 unspecified atom stereocenters. The number of hydrogen-bond acceptors (Lipinski definition) is 4. The number of methoxy groups -OCH3 is 1. The lowest BCUT2D eigenvalue weighted by molar-refractivity contribution is 0.0525. The summed E-state index contributed by atoms with van der Waals surface area (Å²) >= 11 is 0. The summed E-state index contributed by atoms with van der Waals surface area (Å²) in [7, 11) is 1.53. The minimum absolute atomic E-state index is 0.298. The fourth-order valence-corrected chi connectivity index (χ4v) is 2.58. The number of fused-ring (bicyclic) bond motifs is 1. The normalized spacial score (nSPS) is 10.6. The second kappa shape index (κ2) is 7.08. The highest BCUT2D eigenvalue weighted by Crippen LogP contribution is 2.33. The van der Waals surface area contributed by atoms with Gasteiger partial charge in [0.1, 0.15) is 23.4 Å². The summed E-state index contributed by atoms with van der Waals surface area (Å²) in [6, 6.07) is 13.6. The Balaban J connectivity index is 2.01. The zero-order valence-corrected chi connectivity index (χ0v) is 13.7. The van der Waals surface area contributed by atoms with E-state index in [1.54, 1.807) is 13.1 Å². The summed E-state index contributed by atoms with van der Waals surface area (Å²) in [4.78, 5) is 12.4. The molecule has 2 heterocycles. The van der Waals surface area contributed by atoms with Crippen LogP contribution in [0.1, 0.15) is 22.8 Å². The second-order valence-corrected chi connectivity index (χ2v) is 5.20. The predicted octanol–water partition coefficient (Wildman–Crippen LogP) is 3.70. The molecule has 5 nitrogen and oxygen atoms in total. The first-order chi connectivity index (χ1) is 11.7. The number of pyridine rings is 1. The minimum Gasteiger partial charge on any atom is -0.494 e. The molecule has 0 atom stereocenters. The maximum Gasteiger partial charge on any atom is 0.344 e. The van der Waals surface area contributed by atoms with Gasteiger partial charge in [0.15, 0.2) is 5.75 Å². The average Bonchev–Trinajstić information content (AvgIpc) is 3.00. The van der Waals surface area contributed by atoms with Gasteiger partial charge in [-0.1, -0.05) is 30.3 Å². The van der Waals surface area contributed by atoms with E-state index in [2.05, 4.69) is 0 Å². The Hall–Kier alpha value is -2.95. The maximum absolute atomic E-state index is 12.4. The molecule has 3 rings (SSSR count). The lowest BCUT2D eigenvalue weighted by atomic mass is 10.2. The fourth-order valence-electron chi connectivity index (χ4n) is 2.58. The van der Waals surface area contributed by atoms with Gasteiger partial charge in [-0.2, -0.15) is 0 Å². The number of hydrogen-bond donors (Lipinski definition) is 0. The molecule has 0 bridgehead atoms. The van der Waals surface area contributed by atoms with Gasteiger partial charge in [-0.25, -0.2) is 4.79 Å². The van der Waals surface area contributed by atoms with E-state index in [0.717, 1.165) is 5.56 Å². The van der Waals surface area contributed by atoms with Crippen LogP contribution in [0.3, 0.4) is 0 Å². The van der Waals surface area contributed by atoms with Crippen molar-refractivity contribution in [3.05, 3.63) is 66.0 Å². The molecule has 1 aromatic carbocycles. The molecule has 0 aliphatic rings. The van der Waals surface area contributed by atoms with Gasteiger partial charge in [0.05, 0.1) is 19.9 Å². The van der Waals surface area contributed by atoms with E-state index in [1.165, 1.54) is 7.11 Å². The summed E-state index contributed by atoms with van der Waals surface area (Å²) in [6.07, 6.45) is 3.59. The lowest BCUT2D eigenvalue weighted by Crippen LogP contribution is -2.07. The van der Waals surface area contributed by atoms with Gasteiger partial charge in [0.2, 0.25) is 0 Å². The standard InChI is InChI=1S/C19H19NO4/c1-3-23-19(21)17-16(22-2)12-20-11-7-10-15(18(17)20)24-13-14-8-5-4-6-9-14/h4-12H,3,13H2,1-2H3. The first kappa shape index (κ1) is 15.9. The van der Waals surface area contributed by atoms with Crippen molar-refractivity contribution in [1.82, 2.24) is 4.40 Å². The average molecular weight is 325 g/mol. The Labute approximate surface area is 140 Å². The summed E-state index contributed by atoms with van der Waals surface area (Å²) in [5.41, 5.74) is 2.07. The highest BCUT2D eigenvalue weighted by molar-refractivity contribution is 6.02. The first-order valence-electron chi connectivity index (χ1n) is 7.76. The van der Waals surface area contributed by atoms with Gasteiger partial charge in [0.25, 0.3) is 0 Å². The SMILES string of the molecule is CCOC(=O)c1c(OC)cn2cccc(OCc3ccccc3)c12. The van der Waals surface area contributed by atoms with Crippen LogP contribution >= 0.6 is 0 Å². The summed E-state index contributed by atoms with van der Waals surface area (Å²) in [5, 5.41) is 0. The first-order valence-corrected chi connectivity index (χ1v) is 7.76. The van der Waals surface area contributed by atoms with Crippen LogP contribution in [0.25, 0.3) is 5.52 Å². The third-order valence-corrected chi connectivity index (χ3v) is 3.66. The smallest absolute Gasteiger partial charge is 0.344 e. The van der Waals surface area contributed by atoms with E-state index in [9.17, 15) is 4.79 Å². The molecular formula is C19H19NO4. The Kier molecular flexibility index (Phi) is 4.70. The molecule has 124 valence electrons. The van der Waals surface area contributed by atoms with Crippen LogP contribution in [-0.4, -0.2) is 24.1 Å². The number of rotatable bonds is 6. The number of aromatic nitrogens is 1. The van der Waals surface area contributed by atoms with Crippen molar-refractivity contribution in [2.75, 3.05) is 13.7 Å². The number of esters is 1. The lowest BCUT2D eigenvalue weighted by Gasteiger charge is -2.10. The van der Waals surface area contributed by atoms with Gasteiger partial charge in [0, 0.05) is 6.20 Å². The van der Waals surface area contributed by atoms with Crippen molar-refractivity contribution in [3.8, 4) is 11.5 Å². The minimum atomic E-state index is -0.424. The molecular weight excluding hydrogens is 306 g/mol. The Morgan fingerprint density at radius 1 is 1.08 bits per heavy atom. The maximum atomic E-state index is 12.4. The number of carbonyl (C=O) groups is 1. The highest BCUT2D eigenvalue weighted by Gasteiger charge is 2.23. The van der Waals surface area contributed by atoms with Crippen molar-refractivity contribution in [2.24, 2.45) is 0 Å². The van der Waals surface area contributed by atoms with Crippen molar-refractivity contribution >= 4 is 11.5 Å². The van der Waals surface area contributed by atoms with E-state index in [4.69, 9.17) is 14.2 Å². The third kappa shape index (κ3) is 3.06. The Bertz CT molecular complexity index is 839. The van der Waals surface area contributed by atoms with Gasteiger partial charge < -0.3 is 18.6 Å². The van der Waals surface area contributed by atoms with Crippen molar-refractivity contribution < 1.29 is 19.0 Å². The molecule has 0 aliphatic heterocycles. The number of nitrogens with zero attached hydrogens (tertiary/aromatic N) is 1. The van der Waals surface area contributed by atoms with E-state index in [-0.39, 0.29) is 0 Å². The van der Waals surface area contributed by atoms with Crippen LogP contribution in [0, 0.1) is 0 Å². The molecule has 5 heteroatoms. The topological polar surface area (TPSA) is 49.2 Å². The van der Waals surface area contributed by atoms with Gasteiger partial charge in [-0.15, -0.1) is 0 Å². The zero-order valence-electron chi connectivity index (χ0n) is 13.7. The largest absolute Gasteiger partial charge is 0.494 e. The summed E-state index contributed by atoms with van der Waals surface area (Å²) < 4.78 is 18.3. The third-order valence-electron chi connectivity index (χ3n) is 3.66. The molecule has 0 amide bonds. The second-order valence-electron chi connectivity index (χ2n) is 5.20. The molecule has 0 saturated carbocycles. The van der Waals surface area contributed by atoms with Crippen LogP contribution in [0.4, 0.5) is 0 Å². The molecule has 0 aliphatic carbocycles. The van der Waals surface area contributed by atoms with Gasteiger partial charge in [-0.3, -0.25) is 0 Å². The molecule has 0 spiro atoms. The Morgan fingerprint density at radius 3 is 2.58 bits per heavy atom. The number of carbonyl (C=O) groups excluding carboxylic acids is 1. The van der Waals surface area contributed by atoms with Crippen LogP contribution in [0.5, 0.6) is 11.5 Å². The molecule has 2 aromatic heterocycles. The summed E-state index contributed by atoms with van der Waals surface area (Å²) in [6.45, 7) is 2.48. The molecule has 24 heavy (non-hydrogen) atoms. The Morgan fingerprint density at radius 2 is 1.88 bits per heavy atom. The molecule has 0 radical (unpaired) electrons. The molecule has 3 aromatic rings. The van der Waals surface area contributed by atoms with Crippen LogP contribution < -0.4 is 9.47 Å². The van der Waals surface area contributed by atoms with Crippen molar-refractivity contribution in [1.29, 1.82) is 0 Å². The van der Waals surface area contributed by atoms with Crippen LogP contribution in [0.2, 0.25) is 0 Å². The molecule has 0 saturated heterocycles. The monoisotopic (exact) mass is 325 g/mol. The zero-order chi connectivity index (χ0) is 16.9. The van der Waals surface area contributed by atoms with Crippen molar-refractivity contribution in [2.45, 2.75) is 13.5 Å². The number of ether oxygens (including phenoxy) is 3. The van der Waals surface area contributed by atoms with Gasteiger partial charge >= 0.3 is 5.97 Å². The van der Waals surface area contributed by atoms with Gasteiger partial charge in [-0.05, 0) is 24.6 Å². The van der Waals surface area contributed by atoms with Crippen LogP contribution in [0.15, 0.2) is 54.9 Å². The number of benzene rings is 1. The molecule has 0 fully saturated rings. The van der Waals surface area contributed by atoms with E-state index in [1.807, 2.05) is 53.1 Å². The highest BCUT2D eigenvalue weighted by atomic mass is 16.5.